The molecule has 0 N–H and O–H groups in total. The average Bonchev–Trinajstić information content (AvgIpc) is 3.28. The number of ether oxygens (including phenoxy) is 1. The first kappa shape index (κ1) is 19.2. The fraction of sp³-hybridized carbons (Fsp3) is 0.381. The number of thioether (sulfide) groups is 1. The van der Waals surface area contributed by atoms with Crippen molar-refractivity contribution in [1.82, 2.24) is 9.55 Å². The van der Waals surface area contributed by atoms with Crippen molar-refractivity contribution in [1.29, 1.82) is 0 Å². The van der Waals surface area contributed by atoms with Gasteiger partial charge in [-0.3, -0.25) is 14.2 Å². The number of benzene rings is 1. The smallest absolute Gasteiger partial charge is 0.306 e. The van der Waals surface area contributed by atoms with Crippen LogP contribution in [0.4, 0.5) is 0 Å². The minimum absolute atomic E-state index is 0.00772. The van der Waals surface area contributed by atoms with E-state index in [1.807, 2.05) is 37.3 Å². The van der Waals surface area contributed by atoms with Gasteiger partial charge in [0.05, 0.1) is 24.1 Å². The molecule has 0 saturated carbocycles. The zero-order valence-corrected chi connectivity index (χ0v) is 17.4. The fourth-order valence-corrected chi connectivity index (χ4v) is 5.67. The molecule has 28 heavy (non-hydrogen) atoms. The lowest BCUT2D eigenvalue weighted by Crippen LogP contribution is -2.22. The SMILES string of the molecule is CCCOC(=O)CCSc1nc2sc3c(c2c(=O)n1-c1ccccc1)CCC3. The Bertz CT molecular complexity index is 1060. The van der Waals surface area contributed by atoms with E-state index in [9.17, 15) is 9.59 Å². The minimum Gasteiger partial charge on any atom is -0.466 e. The fourth-order valence-electron chi connectivity index (χ4n) is 3.44. The van der Waals surface area contributed by atoms with Gasteiger partial charge in [-0.15, -0.1) is 11.3 Å². The Morgan fingerprint density at radius 1 is 1.29 bits per heavy atom. The molecule has 5 nitrogen and oxygen atoms in total. The molecular weight excluding hydrogens is 392 g/mol. The first-order valence-electron chi connectivity index (χ1n) is 9.60. The van der Waals surface area contributed by atoms with Gasteiger partial charge in [0.25, 0.3) is 5.56 Å². The number of carbonyl (C=O) groups is 1. The summed E-state index contributed by atoms with van der Waals surface area (Å²) in [7, 11) is 0. The largest absolute Gasteiger partial charge is 0.466 e. The van der Waals surface area contributed by atoms with E-state index >= 15 is 0 Å². The molecule has 2 aromatic heterocycles. The Morgan fingerprint density at radius 3 is 2.89 bits per heavy atom. The van der Waals surface area contributed by atoms with Gasteiger partial charge >= 0.3 is 5.97 Å². The van der Waals surface area contributed by atoms with E-state index in [-0.39, 0.29) is 11.5 Å². The molecule has 0 fully saturated rings. The zero-order valence-electron chi connectivity index (χ0n) is 15.8. The number of thiophene rings is 1. The van der Waals surface area contributed by atoms with Crippen molar-refractivity contribution in [3.63, 3.8) is 0 Å². The van der Waals surface area contributed by atoms with Gasteiger partial charge in [-0.05, 0) is 43.4 Å². The highest BCUT2D eigenvalue weighted by molar-refractivity contribution is 7.99. The number of rotatable bonds is 7. The van der Waals surface area contributed by atoms with E-state index < -0.39 is 0 Å². The topological polar surface area (TPSA) is 61.2 Å². The average molecular weight is 415 g/mol. The van der Waals surface area contributed by atoms with Gasteiger partial charge in [0.1, 0.15) is 4.83 Å². The third-order valence-corrected chi connectivity index (χ3v) is 6.85. The summed E-state index contributed by atoms with van der Waals surface area (Å²) < 4.78 is 6.83. The van der Waals surface area contributed by atoms with Crippen LogP contribution in [0.5, 0.6) is 0 Å². The van der Waals surface area contributed by atoms with E-state index in [2.05, 4.69) is 0 Å². The molecule has 0 radical (unpaired) electrons. The van der Waals surface area contributed by atoms with Gasteiger partial charge in [-0.1, -0.05) is 36.9 Å². The van der Waals surface area contributed by atoms with Crippen molar-refractivity contribution in [3.05, 3.63) is 51.1 Å². The lowest BCUT2D eigenvalue weighted by molar-refractivity contribution is -0.143. The molecule has 0 aliphatic heterocycles. The van der Waals surface area contributed by atoms with Crippen LogP contribution in [0.3, 0.4) is 0 Å². The predicted molar refractivity (Wildman–Crippen MR) is 114 cm³/mol. The first-order valence-corrected chi connectivity index (χ1v) is 11.4. The van der Waals surface area contributed by atoms with E-state index in [1.165, 1.54) is 22.2 Å². The lowest BCUT2D eigenvalue weighted by Gasteiger charge is -2.12. The van der Waals surface area contributed by atoms with E-state index in [4.69, 9.17) is 9.72 Å². The summed E-state index contributed by atoms with van der Waals surface area (Å²) in [5.74, 6) is 0.317. The zero-order chi connectivity index (χ0) is 19.5. The summed E-state index contributed by atoms with van der Waals surface area (Å²) in [6, 6.07) is 9.60. The molecule has 1 aliphatic rings. The number of hydrogen-bond acceptors (Lipinski definition) is 6. The lowest BCUT2D eigenvalue weighted by atomic mass is 10.2. The third kappa shape index (κ3) is 3.73. The van der Waals surface area contributed by atoms with Gasteiger partial charge in [0.2, 0.25) is 0 Å². The summed E-state index contributed by atoms with van der Waals surface area (Å²) >= 11 is 3.07. The molecule has 4 rings (SSSR count). The van der Waals surface area contributed by atoms with Crippen molar-refractivity contribution in [2.75, 3.05) is 12.4 Å². The van der Waals surface area contributed by atoms with Crippen molar-refractivity contribution >= 4 is 39.3 Å². The van der Waals surface area contributed by atoms with Gasteiger partial charge in [0.15, 0.2) is 5.16 Å². The second kappa shape index (κ2) is 8.49. The quantitative estimate of drug-likeness (QED) is 0.326. The second-order valence-corrected chi connectivity index (χ2v) is 8.87. The minimum atomic E-state index is -0.209. The number of esters is 1. The molecule has 146 valence electrons. The number of hydrogen-bond donors (Lipinski definition) is 0. The summed E-state index contributed by atoms with van der Waals surface area (Å²) in [5.41, 5.74) is 1.98. The van der Waals surface area contributed by atoms with Crippen molar-refractivity contribution in [2.45, 2.75) is 44.2 Å². The number of para-hydroxylation sites is 1. The number of carbonyl (C=O) groups excluding carboxylic acids is 1. The maximum Gasteiger partial charge on any atom is 0.306 e. The number of nitrogens with zero attached hydrogens (tertiary/aromatic N) is 2. The Labute approximate surface area is 171 Å². The van der Waals surface area contributed by atoms with Crippen LogP contribution in [-0.4, -0.2) is 27.9 Å². The molecule has 1 aliphatic carbocycles. The van der Waals surface area contributed by atoms with E-state index in [0.29, 0.717) is 23.9 Å². The standard InChI is InChI=1S/C21H22N2O3S2/c1-2-12-26-17(24)11-13-27-21-22-19-18(15-9-6-10-16(15)28-19)20(25)23(21)14-7-4-3-5-8-14/h3-5,7-8H,2,6,9-13H2,1H3. The molecule has 1 aromatic carbocycles. The molecule has 0 atom stereocenters. The van der Waals surface area contributed by atoms with E-state index in [1.54, 1.807) is 15.9 Å². The van der Waals surface area contributed by atoms with Crippen molar-refractivity contribution in [3.8, 4) is 5.69 Å². The maximum atomic E-state index is 13.4. The third-order valence-electron chi connectivity index (χ3n) is 4.73. The summed E-state index contributed by atoms with van der Waals surface area (Å²) in [6.45, 7) is 2.42. The van der Waals surface area contributed by atoms with Crippen molar-refractivity contribution in [2.24, 2.45) is 0 Å². The molecular formula is C21H22N2O3S2. The van der Waals surface area contributed by atoms with Gasteiger partial charge in [-0.25, -0.2) is 4.98 Å². The van der Waals surface area contributed by atoms with Crippen LogP contribution in [0.15, 0.2) is 40.3 Å². The van der Waals surface area contributed by atoms with Crippen LogP contribution in [0.2, 0.25) is 0 Å². The molecule has 7 heteroatoms. The summed E-state index contributed by atoms with van der Waals surface area (Å²) in [5, 5.41) is 1.40. The maximum absolute atomic E-state index is 13.4. The predicted octanol–water partition coefficient (Wildman–Crippen LogP) is 4.37. The van der Waals surface area contributed by atoms with Crippen LogP contribution in [0.1, 0.15) is 36.6 Å². The van der Waals surface area contributed by atoms with Gasteiger partial charge in [-0.2, -0.15) is 0 Å². The normalized spacial score (nSPS) is 13.0. The summed E-state index contributed by atoms with van der Waals surface area (Å²) in [6.07, 6.45) is 4.21. The Morgan fingerprint density at radius 2 is 2.11 bits per heavy atom. The molecule has 0 bridgehead atoms. The monoisotopic (exact) mass is 414 g/mol. The molecule has 0 amide bonds. The highest BCUT2D eigenvalue weighted by atomic mass is 32.2. The highest BCUT2D eigenvalue weighted by Crippen LogP contribution is 2.36. The van der Waals surface area contributed by atoms with Crippen LogP contribution >= 0.6 is 23.1 Å². The highest BCUT2D eigenvalue weighted by Gasteiger charge is 2.23. The number of aryl methyl sites for hydroxylation is 2. The molecule has 0 unspecified atom stereocenters. The summed E-state index contributed by atoms with van der Waals surface area (Å²) in [4.78, 5) is 32.2. The molecule has 3 aromatic rings. The van der Waals surface area contributed by atoms with Gasteiger partial charge < -0.3 is 4.74 Å². The molecule has 0 spiro atoms. The molecule has 2 heterocycles. The van der Waals surface area contributed by atoms with Gasteiger partial charge in [0, 0.05) is 10.6 Å². The van der Waals surface area contributed by atoms with Crippen LogP contribution in [0.25, 0.3) is 15.9 Å². The number of aromatic nitrogens is 2. The van der Waals surface area contributed by atoms with E-state index in [0.717, 1.165) is 41.6 Å². The Hall–Kier alpha value is -2.12. The van der Waals surface area contributed by atoms with Crippen LogP contribution < -0.4 is 5.56 Å². The molecule has 0 saturated heterocycles. The number of fused-ring (bicyclic) bond motifs is 3. The van der Waals surface area contributed by atoms with Crippen LogP contribution in [-0.2, 0) is 22.4 Å². The van der Waals surface area contributed by atoms with Crippen LogP contribution in [0, 0.1) is 0 Å². The Kier molecular flexibility index (Phi) is 5.82. The first-order chi connectivity index (χ1) is 13.7. The second-order valence-electron chi connectivity index (χ2n) is 6.73. The van der Waals surface area contributed by atoms with Crippen molar-refractivity contribution < 1.29 is 9.53 Å². The Balaban J connectivity index is 1.70.